The summed E-state index contributed by atoms with van der Waals surface area (Å²) < 4.78 is 52.1. The first-order valence-corrected chi connectivity index (χ1v) is 14.0. The third kappa shape index (κ3) is 4.69. The van der Waals surface area contributed by atoms with Crippen LogP contribution in [0.2, 0.25) is 5.02 Å². The smallest absolute Gasteiger partial charge is 0.274 e. The maximum absolute atomic E-state index is 13.1. The molecule has 8 nitrogen and oxygen atoms in total. The molecule has 11 heteroatoms. The average Bonchev–Trinajstić information content (AvgIpc) is 2.69. The lowest BCUT2D eigenvalue weighted by molar-refractivity contribution is 0.0220. The van der Waals surface area contributed by atoms with Gasteiger partial charge in [-0.2, -0.15) is 12.7 Å². The summed E-state index contributed by atoms with van der Waals surface area (Å²) in [5.74, 6) is 0.239. The van der Waals surface area contributed by atoms with Gasteiger partial charge in [0.05, 0.1) is 5.75 Å². The summed E-state index contributed by atoms with van der Waals surface area (Å²) in [5, 5.41) is 5.71. The van der Waals surface area contributed by atoms with E-state index in [4.69, 9.17) is 16.7 Å². The van der Waals surface area contributed by atoms with Gasteiger partial charge in [-0.25, -0.2) is 18.3 Å². The highest BCUT2D eigenvalue weighted by Crippen LogP contribution is 2.44. The van der Waals surface area contributed by atoms with Crippen LogP contribution in [0.5, 0.6) is 0 Å². The first kappa shape index (κ1) is 22.4. The molecule has 0 aliphatic carbocycles. The number of nitrogens with two attached hydrogens (primary N) is 1. The van der Waals surface area contributed by atoms with E-state index in [-0.39, 0.29) is 30.8 Å². The molecule has 3 N–H and O–H groups in total. The molecule has 0 amide bonds. The van der Waals surface area contributed by atoms with Crippen molar-refractivity contribution >= 4 is 31.8 Å². The highest BCUT2D eigenvalue weighted by atomic mass is 35.5. The molecule has 4 rings (SSSR count). The van der Waals surface area contributed by atoms with E-state index < -0.39 is 20.2 Å². The Kier molecular flexibility index (Phi) is 6.47. The van der Waals surface area contributed by atoms with Crippen molar-refractivity contribution in [1.29, 1.82) is 0 Å². The normalized spacial score (nSPS) is 27.9. The van der Waals surface area contributed by atoms with Gasteiger partial charge in [0.25, 0.3) is 10.2 Å². The lowest BCUT2D eigenvalue weighted by atomic mass is 9.77. The monoisotopic (exact) mass is 476 g/mol. The van der Waals surface area contributed by atoms with Crippen molar-refractivity contribution in [2.45, 2.75) is 44.2 Å². The van der Waals surface area contributed by atoms with Crippen LogP contribution in [0.1, 0.15) is 42.9 Å². The molecule has 2 saturated heterocycles. The Labute approximate surface area is 184 Å². The molecule has 1 aromatic carbocycles. The molecular weight excluding hydrogens is 448 g/mol. The van der Waals surface area contributed by atoms with E-state index in [1.807, 2.05) is 12.1 Å². The number of nitrogens with one attached hydrogen (secondary N) is 1. The van der Waals surface area contributed by atoms with Crippen LogP contribution in [0.15, 0.2) is 18.2 Å². The van der Waals surface area contributed by atoms with Gasteiger partial charge in [0.1, 0.15) is 0 Å². The van der Waals surface area contributed by atoms with Crippen LogP contribution in [0.4, 0.5) is 0 Å². The van der Waals surface area contributed by atoms with Gasteiger partial charge >= 0.3 is 0 Å². The summed E-state index contributed by atoms with van der Waals surface area (Å²) in [6.07, 6.45) is 3.79. The summed E-state index contributed by atoms with van der Waals surface area (Å²) in [7, 11) is -7.29. The van der Waals surface area contributed by atoms with Gasteiger partial charge < -0.3 is 0 Å². The summed E-state index contributed by atoms with van der Waals surface area (Å²) in [6, 6.07) is 6.19. The van der Waals surface area contributed by atoms with Crippen molar-refractivity contribution in [3.63, 3.8) is 0 Å². The third-order valence-corrected chi connectivity index (χ3v) is 9.58. The molecule has 3 aliphatic rings. The van der Waals surface area contributed by atoms with Crippen molar-refractivity contribution in [3.8, 4) is 0 Å². The largest absolute Gasteiger partial charge is 0.296 e. The summed E-state index contributed by atoms with van der Waals surface area (Å²) in [5.41, 5.74) is 2.42. The molecule has 3 aliphatic heterocycles. The lowest BCUT2D eigenvalue weighted by Gasteiger charge is -2.51. The van der Waals surface area contributed by atoms with Gasteiger partial charge in [0.15, 0.2) is 0 Å². The summed E-state index contributed by atoms with van der Waals surface area (Å²) in [6.45, 7) is 2.40. The Hall–Kier alpha value is -0.750. The second kappa shape index (κ2) is 8.65. The van der Waals surface area contributed by atoms with E-state index in [2.05, 4.69) is 15.7 Å². The molecule has 0 spiro atoms. The Morgan fingerprint density at radius 1 is 1.20 bits per heavy atom. The molecular formula is C19H29ClN4O4S2. The zero-order chi connectivity index (χ0) is 21.5. The van der Waals surface area contributed by atoms with Gasteiger partial charge in [-0.1, -0.05) is 23.7 Å². The highest BCUT2D eigenvalue weighted by molar-refractivity contribution is 7.89. The van der Waals surface area contributed by atoms with E-state index in [1.165, 1.54) is 11.1 Å². The fourth-order valence-corrected chi connectivity index (χ4v) is 7.87. The predicted molar refractivity (Wildman–Crippen MR) is 117 cm³/mol. The molecule has 0 bridgehead atoms. The fourth-order valence-electron chi connectivity index (χ4n) is 5.34. The van der Waals surface area contributed by atoms with Crippen LogP contribution in [-0.4, -0.2) is 64.0 Å². The number of halogens is 1. The Morgan fingerprint density at radius 3 is 2.77 bits per heavy atom. The van der Waals surface area contributed by atoms with Crippen molar-refractivity contribution in [2.24, 2.45) is 11.1 Å². The summed E-state index contributed by atoms with van der Waals surface area (Å²) >= 11 is 6.43. The first-order chi connectivity index (χ1) is 14.2. The minimum absolute atomic E-state index is 0.0161. The maximum Gasteiger partial charge on any atom is 0.274 e. The van der Waals surface area contributed by atoms with Gasteiger partial charge in [0, 0.05) is 43.3 Å². The van der Waals surface area contributed by atoms with Crippen LogP contribution in [-0.2, 0) is 26.7 Å². The van der Waals surface area contributed by atoms with Crippen LogP contribution in [0, 0.1) is 5.92 Å². The quantitative estimate of drug-likeness (QED) is 0.600. The molecule has 1 aromatic rings. The third-order valence-electron chi connectivity index (χ3n) is 6.64. The van der Waals surface area contributed by atoms with Crippen molar-refractivity contribution < 1.29 is 16.8 Å². The molecule has 2 fully saturated rings. The van der Waals surface area contributed by atoms with Crippen molar-refractivity contribution in [3.05, 3.63) is 34.3 Å². The van der Waals surface area contributed by atoms with Crippen LogP contribution in [0.3, 0.4) is 0 Å². The van der Waals surface area contributed by atoms with Crippen LogP contribution in [0.25, 0.3) is 0 Å². The zero-order valence-electron chi connectivity index (χ0n) is 16.8. The molecule has 0 unspecified atom stereocenters. The molecule has 3 heterocycles. The topological polar surface area (TPSA) is 113 Å². The lowest BCUT2D eigenvalue weighted by Crippen LogP contribution is -2.57. The Morgan fingerprint density at radius 2 is 2.00 bits per heavy atom. The number of fused-ring (bicyclic) bond motifs is 4. The predicted octanol–water partition coefficient (Wildman–Crippen LogP) is 1.24. The minimum atomic E-state index is -3.81. The molecule has 0 radical (unpaired) electrons. The number of piperidine rings is 2. The molecule has 168 valence electrons. The molecule has 0 aromatic heterocycles. The second-order valence-corrected chi connectivity index (χ2v) is 12.3. The maximum atomic E-state index is 13.1. The van der Waals surface area contributed by atoms with Crippen LogP contribution >= 0.6 is 11.6 Å². The van der Waals surface area contributed by atoms with Gasteiger partial charge in [-0.3, -0.25) is 4.90 Å². The van der Waals surface area contributed by atoms with Crippen molar-refractivity contribution in [1.82, 2.24) is 13.9 Å². The van der Waals surface area contributed by atoms with Crippen LogP contribution < -0.4 is 9.86 Å². The fraction of sp³-hybridized carbons (Fsp3) is 0.684. The summed E-state index contributed by atoms with van der Waals surface area (Å²) in [4.78, 5) is 2.49. The van der Waals surface area contributed by atoms with Gasteiger partial charge in [0.2, 0.25) is 10.0 Å². The Bertz CT molecular complexity index is 1000. The number of rotatable bonds is 6. The SMILES string of the molecule is NS(=O)(=O)NCCCS(=O)(=O)N1CCC[C@H]2CN3CCc4c(Cl)cccc4[C@@H]3C[C@H]21. The first-order valence-electron chi connectivity index (χ1n) is 10.4. The molecule has 30 heavy (non-hydrogen) atoms. The van der Waals surface area contributed by atoms with E-state index >= 15 is 0 Å². The number of sulfonamides is 1. The minimum Gasteiger partial charge on any atom is -0.296 e. The van der Waals surface area contributed by atoms with E-state index in [0.29, 0.717) is 12.5 Å². The van der Waals surface area contributed by atoms with Crippen molar-refractivity contribution in [2.75, 3.05) is 31.9 Å². The number of nitrogens with zero attached hydrogens (tertiary/aromatic N) is 2. The molecule has 3 atom stereocenters. The van der Waals surface area contributed by atoms with Gasteiger partial charge in [-0.05, 0) is 55.2 Å². The Balaban J connectivity index is 1.50. The second-order valence-electron chi connectivity index (χ2n) is 8.49. The number of hydrogen-bond acceptors (Lipinski definition) is 5. The highest BCUT2D eigenvalue weighted by Gasteiger charge is 2.45. The van der Waals surface area contributed by atoms with E-state index in [0.717, 1.165) is 43.8 Å². The number of hydrogen-bond donors (Lipinski definition) is 2. The van der Waals surface area contributed by atoms with Gasteiger partial charge in [-0.15, -0.1) is 0 Å². The zero-order valence-corrected chi connectivity index (χ0v) is 19.2. The molecule has 0 saturated carbocycles. The standard InChI is InChI=1S/C19H29ClN4O4S2/c20-17-6-1-5-16-15(17)7-10-23-13-14-4-2-9-24(18(14)12-19(16)23)29(25,26)11-3-8-22-30(21,27)28/h1,5-6,14,18-19,22H,2-4,7-13H2,(H2,21,27,28)/t14-,18+,19-/m0/s1. The van der Waals surface area contributed by atoms with E-state index in [9.17, 15) is 16.8 Å². The number of benzene rings is 1. The van der Waals surface area contributed by atoms with E-state index in [1.54, 1.807) is 4.31 Å². The average molecular weight is 477 g/mol.